The molecule has 11 heteroatoms. The molecule has 0 saturated carbocycles. The third-order valence-corrected chi connectivity index (χ3v) is 6.85. The lowest BCUT2D eigenvalue weighted by Gasteiger charge is -2.35. The Balaban J connectivity index is 2.54. The largest absolute Gasteiger partial charge is 0.482 e. The molecule has 0 aliphatic rings. The molecular formula is C28H32F6O5. The Bertz CT molecular complexity index is 1150. The van der Waals surface area contributed by atoms with Crippen LogP contribution in [0.3, 0.4) is 0 Å². The van der Waals surface area contributed by atoms with Gasteiger partial charge in [-0.15, -0.1) is 0 Å². The smallest absolute Gasteiger partial charge is 0.430 e. The van der Waals surface area contributed by atoms with Crippen LogP contribution in [-0.2, 0) is 19.7 Å². The summed E-state index contributed by atoms with van der Waals surface area (Å²) in [7, 11) is 0.927. The van der Waals surface area contributed by atoms with Gasteiger partial charge in [0, 0.05) is 12.5 Å². The predicted octanol–water partition coefficient (Wildman–Crippen LogP) is 7.37. The Morgan fingerprint density at radius 2 is 1.44 bits per heavy atom. The predicted molar refractivity (Wildman–Crippen MR) is 134 cm³/mol. The zero-order valence-electron chi connectivity index (χ0n) is 22.3. The SMILES string of the molecule is CCC(CC)(c1ccc(C=CC(OCOC)(C(F)(F)F)C(F)(F)F)c(C)c1)c1ccc(OCC(=O)O)c(C)c1. The van der Waals surface area contributed by atoms with Gasteiger partial charge in [0.1, 0.15) is 12.5 Å². The van der Waals surface area contributed by atoms with Gasteiger partial charge in [-0.05, 0) is 66.6 Å². The van der Waals surface area contributed by atoms with Gasteiger partial charge in [-0.3, -0.25) is 0 Å². The van der Waals surface area contributed by atoms with E-state index in [-0.39, 0.29) is 11.6 Å². The van der Waals surface area contributed by atoms with Crippen LogP contribution in [0.25, 0.3) is 6.08 Å². The molecule has 0 aromatic heterocycles. The number of aliphatic carboxylic acids is 1. The number of carboxylic acids is 1. The van der Waals surface area contributed by atoms with Crippen LogP contribution in [0.2, 0.25) is 0 Å². The highest BCUT2D eigenvalue weighted by molar-refractivity contribution is 5.68. The van der Waals surface area contributed by atoms with E-state index in [1.807, 2.05) is 26.0 Å². The van der Waals surface area contributed by atoms with E-state index in [9.17, 15) is 31.1 Å². The molecule has 0 saturated heterocycles. The van der Waals surface area contributed by atoms with Crippen LogP contribution in [0.15, 0.2) is 42.5 Å². The molecule has 0 amide bonds. The van der Waals surface area contributed by atoms with E-state index < -0.39 is 42.7 Å². The summed E-state index contributed by atoms with van der Waals surface area (Å²) in [6, 6.07) is 10.3. The van der Waals surface area contributed by atoms with Crippen LogP contribution < -0.4 is 4.74 Å². The summed E-state index contributed by atoms with van der Waals surface area (Å²) in [5.41, 5.74) is -1.97. The van der Waals surface area contributed by atoms with Crippen LogP contribution >= 0.6 is 0 Å². The standard InChI is InChI=1S/C28H32F6O5/c1-6-25(7-2,22-10-11-23(19(4)15-22)38-16-24(35)36)21-9-8-20(18(3)14-21)12-13-26(27(29,30)31,28(32,33)34)39-17-37-5/h8-15H,6-7,16-17H2,1-5H3,(H,35,36). The van der Waals surface area contributed by atoms with E-state index in [0.29, 0.717) is 24.2 Å². The highest BCUT2D eigenvalue weighted by Gasteiger charge is 2.71. The van der Waals surface area contributed by atoms with Gasteiger partial charge in [0.05, 0.1) is 0 Å². The van der Waals surface area contributed by atoms with Crippen LogP contribution in [0.1, 0.15) is 54.5 Å². The van der Waals surface area contributed by atoms with Gasteiger partial charge in [-0.25, -0.2) is 4.79 Å². The molecule has 5 nitrogen and oxygen atoms in total. The van der Waals surface area contributed by atoms with Crippen molar-refractivity contribution < 1.29 is 50.5 Å². The molecule has 0 fully saturated rings. The summed E-state index contributed by atoms with van der Waals surface area (Å²) < 4.78 is 95.8. The molecule has 0 unspecified atom stereocenters. The molecule has 0 bridgehead atoms. The Morgan fingerprint density at radius 3 is 1.87 bits per heavy atom. The average Bonchev–Trinajstić information content (AvgIpc) is 2.84. The van der Waals surface area contributed by atoms with Crippen LogP contribution in [0.4, 0.5) is 26.3 Å². The Kier molecular flexibility index (Phi) is 10.2. The minimum absolute atomic E-state index is 0.0277. The topological polar surface area (TPSA) is 65.0 Å². The minimum Gasteiger partial charge on any atom is -0.482 e. The zero-order chi connectivity index (χ0) is 29.6. The third kappa shape index (κ3) is 6.75. The number of alkyl halides is 6. The first-order chi connectivity index (χ1) is 18.1. The maximum Gasteiger partial charge on any atom is 0.430 e. The van der Waals surface area contributed by atoms with E-state index in [2.05, 4.69) is 9.47 Å². The van der Waals surface area contributed by atoms with Crippen LogP contribution in [0.5, 0.6) is 5.75 Å². The molecular weight excluding hydrogens is 530 g/mol. The van der Waals surface area contributed by atoms with Gasteiger partial charge in [-0.1, -0.05) is 50.3 Å². The Morgan fingerprint density at radius 1 is 0.897 bits per heavy atom. The summed E-state index contributed by atoms with van der Waals surface area (Å²) in [6.45, 7) is 5.65. The first-order valence-electron chi connectivity index (χ1n) is 12.1. The number of benzene rings is 2. The van der Waals surface area contributed by atoms with Gasteiger partial charge in [0.25, 0.3) is 5.60 Å². The molecule has 216 valence electrons. The lowest BCUT2D eigenvalue weighted by Crippen LogP contribution is -2.57. The normalized spacial score (nSPS) is 13.2. The average molecular weight is 563 g/mol. The van der Waals surface area contributed by atoms with Crippen molar-refractivity contribution in [3.63, 3.8) is 0 Å². The number of carbonyl (C=O) groups is 1. The second-order valence-electron chi connectivity index (χ2n) is 9.14. The van der Waals surface area contributed by atoms with Gasteiger partial charge in [-0.2, -0.15) is 26.3 Å². The van der Waals surface area contributed by atoms with Gasteiger partial charge in [0.15, 0.2) is 6.61 Å². The summed E-state index contributed by atoms with van der Waals surface area (Å²) in [5.74, 6) is -0.681. The number of rotatable bonds is 12. The molecule has 0 atom stereocenters. The molecule has 2 rings (SSSR count). The lowest BCUT2D eigenvalue weighted by molar-refractivity contribution is -0.372. The fourth-order valence-electron chi connectivity index (χ4n) is 4.56. The molecule has 0 spiro atoms. The second-order valence-corrected chi connectivity index (χ2v) is 9.14. The molecule has 0 heterocycles. The van der Waals surface area contributed by atoms with E-state index in [1.54, 1.807) is 32.0 Å². The van der Waals surface area contributed by atoms with Gasteiger partial charge in [0.2, 0.25) is 0 Å². The number of hydrogen-bond donors (Lipinski definition) is 1. The van der Waals surface area contributed by atoms with Gasteiger partial charge >= 0.3 is 18.3 Å². The van der Waals surface area contributed by atoms with E-state index >= 15 is 0 Å². The van der Waals surface area contributed by atoms with Crippen molar-refractivity contribution in [3.8, 4) is 5.75 Å². The van der Waals surface area contributed by atoms with Crippen molar-refractivity contribution in [1.29, 1.82) is 0 Å². The minimum atomic E-state index is -5.79. The number of carboxylic acid groups (broad SMARTS) is 1. The quantitative estimate of drug-likeness (QED) is 0.216. The highest BCUT2D eigenvalue weighted by Crippen LogP contribution is 2.47. The van der Waals surface area contributed by atoms with Crippen molar-refractivity contribution >= 4 is 12.0 Å². The molecule has 2 aromatic rings. The number of methoxy groups -OCH3 is 1. The maximum atomic E-state index is 13.7. The zero-order valence-corrected chi connectivity index (χ0v) is 22.3. The number of hydrogen-bond acceptors (Lipinski definition) is 4. The number of halogens is 6. The number of aryl methyl sites for hydroxylation is 2. The van der Waals surface area contributed by atoms with Crippen molar-refractivity contribution in [2.24, 2.45) is 0 Å². The molecule has 0 aliphatic carbocycles. The summed E-state index contributed by atoms with van der Waals surface area (Å²) in [6.07, 6.45) is -9.56. The van der Waals surface area contributed by atoms with Crippen LogP contribution in [-0.4, -0.2) is 49.5 Å². The first kappa shape index (κ1) is 32.2. The van der Waals surface area contributed by atoms with Gasteiger partial charge < -0.3 is 19.3 Å². The fraction of sp³-hybridized carbons (Fsp3) is 0.464. The highest BCUT2D eigenvalue weighted by atomic mass is 19.4. The maximum absolute atomic E-state index is 13.7. The monoisotopic (exact) mass is 562 g/mol. The van der Waals surface area contributed by atoms with Crippen molar-refractivity contribution in [1.82, 2.24) is 0 Å². The lowest BCUT2D eigenvalue weighted by atomic mass is 9.70. The number of ether oxygens (including phenoxy) is 3. The van der Waals surface area contributed by atoms with E-state index in [1.165, 1.54) is 6.07 Å². The van der Waals surface area contributed by atoms with Crippen LogP contribution in [0, 0.1) is 13.8 Å². The fourth-order valence-corrected chi connectivity index (χ4v) is 4.56. The summed E-state index contributed by atoms with van der Waals surface area (Å²) >= 11 is 0. The van der Waals surface area contributed by atoms with E-state index in [0.717, 1.165) is 29.9 Å². The molecule has 39 heavy (non-hydrogen) atoms. The summed E-state index contributed by atoms with van der Waals surface area (Å²) in [5, 5.41) is 8.87. The third-order valence-electron chi connectivity index (χ3n) is 6.85. The van der Waals surface area contributed by atoms with Crippen molar-refractivity contribution in [2.75, 3.05) is 20.5 Å². The molecule has 1 N–H and O–H groups in total. The van der Waals surface area contributed by atoms with Crippen molar-refractivity contribution in [3.05, 3.63) is 70.3 Å². The molecule has 0 radical (unpaired) electrons. The second kappa shape index (κ2) is 12.4. The Labute approximate surface area is 223 Å². The first-order valence-corrected chi connectivity index (χ1v) is 12.1. The summed E-state index contributed by atoms with van der Waals surface area (Å²) in [4.78, 5) is 10.8. The Hall–Kier alpha value is -3.05. The van der Waals surface area contributed by atoms with E-state index in [4.69, 9.17) is 9.84 Å². The molecule has 2 aromatic carbocycles. The molecule has 0 aliphatic heterocycles. The van der Waals surface area contributed by atoms with Crippen molar-refractivity contribution in [2.45, 2.75) is 63.9 Å².